The number of hydrogen-bond donors (Lipinski definition) is 1. The zero-order chi connectivity index (χ0) is 29.8. The predicted octanol–water partition coefficient (Wildman–Crippen LogP) is 6.61. The second-order valence-electron chi connectivity index (χ2n) is 9.70. The Morgan fingerprint density at radius 2 is 1.57 bits per heavy atom. The first kappa shape index (κ1) is 27.2. The molecule has 0 bridgehead atoms. The van der Waals surface area contributed by atoms with Gasteiger partial charge in [-0.05, 0) is 60.2 Å². The third kappa shape index (κ3) is 4.77. The maximum Gasteiger partial charge on any atom is 0.255 e. The van der Waals surface area contributed by atoms with Crippen LogP contribution < -0.4 is 9.62 Å². The number of furan rings is 1. The monoisotopic (exact) mass is 587 g/mol. The fraction of sp³-hybridized carbons (Fsp3) is 0.0968. The molecule has 0 aliphatic heterocycles. The normalized spacial score (nSPS) is 11.7. The molecule has 0 unspecified atom stereocenters. The maximum atomic E-state index is 13.7. The summed E-state index contributed by atoms with van der Waals surface area (Å²) >= 11 is 0. The Labute approximate surface area is 239 Å². The van der Waals surface area contributed by atoms with E-state index in [0.717, 1.165) is 10.6 Å². The van der Waals surface area contributed by atoms with Gasteiger partial charge in [-0.15, -0.1) is 0 Å². The molecule has 0 saturated heterocycles. The van der Waals surface area contributed by atoms with Crippen LogP contribution >= 0.6 is 0 Å². The number of fused-ring (bicyclic) bond motifs is 2. The number of carbonyl (C=O) groups is 1. The zero-order valence-corrected chi connectivity index (χ0v) is 23.4. The Morgan fingerprint density at radius 1 is 0.857 bits per heavy atom. The van der Waals surface area contributed by atoms with Crippen molar-refractivity contribution in [1.29, 1.82) is 0 Å². The van der Waals surface area contributed by atoms with E-state index in [1.165, 1.54) is 56.6 Å². The van der Waals surface area contributed by atoms with Crippen LogP contribution in [-0.2, 0) is 10.0 Å². The van der Waals surface area contributed by atoms with Crippen molar-refractivity contribution in [2.45, 2.75) is 0 Å². The molecular formula is C31H23F2N3O5S. The quantitative estimate of drug-likeness (QED) is 0.235. The zero-order valence-electron chi connectivity index (χ0n) is 22.6. The number of benzene rings is 4. The van der Waals surface area contributed by atoms with Gasteiger partial charge < -0.3 is 14.2 Å². The lowest BCUT2D eigenvalue weighted by molar-refractivity contribution is 0.0964. The Balaban J connectivity index is 1.60. The fourth-order valence-electron chi connectivity index (χ4n) is 4.80. The largest absolute Gasteiger partial charge is 0.455 e. The molecule has 0 saturated carbocycles. The average Bonchev–Trinajstić information content (AvgIpc) is 3.56. The van der Waals surface area contributed by atoms with Gasteiger partial charge in [0, 0.05) is 48.3 Å². The number of sulfonamides is 1. The number of halogens is 2. The van der Waals surface area contributed by atoms with Gasteiger partial charge in [0.25, 0.3) is 5.91 Å². The van der Waals surface area contributed by atoms with Gasteiger partial charge in [-0.2, -0.15) is 0 Å². The van der Waals surface area contributed by atoms with E-state index in [-0.39, 0.29) is 28.4 Å². The van der Waals surface area contributed by atoms with Crippen LogP contribution in [0.1, 0.15) is 10.4 Å². The molecule has 0 fully saturated rings. The second-order valence-corrected chi connectivity index (χ2v) is 11.7. The first-order valence-corrected chi connectivity index (χ1v) is 14.6. The molecular weight excluding hydrogens is 564 g/mol. The molecule has 6 aromatic rings. The van der Waals surface area contributed by atoms with Gasteiger partial charge in [0.2, 0.25) is 15.9 Å². The van der Waals surface area contributed by atoms with Gasteiger partial charge in [0.05, 0.1) is 17.5 Å². The third-order valence-corrected chi connectivity index (χ3v) is 8.17. The van der Waals surface area contributed by atoms with Crippen LogP contribution in [-0.4, -0.2) is 39.7 Å². The molecule has 212 valence electrons. The van der Waals surface area contributed by atoms with E-state index in [4.69, 9.17) is 8.83 Å². The Bertz CT molecular complexity index is 2120. The van der Waals surface area contributed by atoms with Gasteiger partial charge in [-0.25, -0.2) is 22.2 Å². The van der Waals surface area contributed by atoms with E-state index in [1.54, 1.807) is 36.4 Å². The molecule has 8 nitrogen and oxygen atoms in total. The Kier molecular flexibility index (Phi) is 6.53. The molecule has 42 heavy (non-hydrogen) atoms. The highest BCUT2D eigenvalue weighted by molar-refractivity contribution is 7.92. The summed E-state index contributed by atoms with van der Waals surface area (Å²) in [4.78, 5) is 17.6. The second kappa shape index (κ2) is 10.1. The third-order valence-electron chi connectivity index (χ3n) is 6.97. The lowest BCUT2D eigenvalue weighted by atomic mass is 9.97. The molecule has 0 spiro atoms. The number of carbonyl (C=O) groups excluding carboxylic acids is 1. The van der Waals surface area contributed by atoms with E-state index in [1.807, 2.05) is 0 Å². The van der Waals surface area contributed by atoms with Gasteiger partial charge in [0.15, 0.2) is 5.58 Å². The summed E-state index contributed by atoms with van der Waals surface area (Å²) in [7, 11) is -0.812. The van der Waals surface area contributed by atoms with Gasteiger partial charge in [-0.3, -0.25) is 9.10 Å². The van der Waals surface area contributed by atoms with E-state index in [2.05, 4.69) is 10.3 Å². The smallest absolute Gasteiger partial charge is 0.255 e. The molecule has 1 N–H and O–H groups in total. The minimum atomic E-state index is -3.72. The van der Waals surface area contributed by atoms with E-state index in [0.29, 0.717) is 38.8 Å². The highest BCUT2D eigenvalue weighted by Crippen LogP contribution is 2.42. The number of hydrogen-bond acceptors (Lipinski definition) is 6. The summed E-state index contributed by atoms with van der Waals surface area (Å²) in [5.41, 5.74) is 3.67. The molecule has 0 aliphatic carbocycles. The molecule has 0 radical (unpaired) electrons. The molecule has 6 rings (SSSR count). The number of amides is 1. The number of anilines is 1. The van der Waals surface area contributed by atoms with Gasteiger partial charge in [-0.1, -0.05) is 12.1 Å². The van der Waals surface area contributed by atoms with Crippen molar-refractivity contribution in [3.05, 3.63) is 96.1 Å². The number of nitrogens with one attached hydrogen (secondary N) is 1. The van der Waals surface area contributed by atoms with Crippen LogP contribution in [0.3, 0.4) is 0 Å². The summed E-state index contributed by atoms with van der Waals surface area (Å²) in [6.45, 7) is 0. The van der Waals surface area contributed by atoms with E-state index in [9.17, 15) is 22.0 Å². The minimum absolute atomic E-state index is 0.210. The predicted molar refractivity (Wildman–Crippen MR) is 157 cm³/mol. The first-order chi connectivity index (χ1) is 20.0. The number of oxazole rings is 1. The molecule has 0 atom stereocenters. The highest BCUT2D eigenvalue weighted by Gasteiger charge is 2.26. The lowest BCUT2D eigenvalue weighted by Gasteiger charge is -2.21. The fourth-order valence-corrected chi connectivity index (χ4v) is 5.31. The standard InChI is InChI=1S/C31H23F2N3O5S/c1-34-30(37)28-23-15-22(18-5-4-6-19(13-18)31-35-24-12-11-21(33)14-27(24)41-31)25(36(2)42(3,38)39)16-26(23)40-29(28)17-7-9-20(32)10-8-17/h4-16H,1-3H3,(H,34,37). The molecule has 0 aliphatic rings. The van der Waals surface area contributed by atoms with E-state index < -0.39 is 27.6 Å². The van der Waals surface area contributed by atoms with Crippen molar-refractivity contribution in [2.24, 2.45) is 0 Å². The first-order valence-electron chi connectivity index (χ1n) is 12.7. The summed E-state index contributed by atoms with van der Waals surface area (Å²) in [5.74, 6) is -0.866. The average molecular weight is 588 g/mol. The minimum Gasteiger partial charge on any atom is -0.455 e. The van der Waals surface area contributed by atoms with Crippen LogP contribution in [0.5, 0.6) is 0 Å². The number of aromatic nitrogens is 1. The van der Waals surface area contributed by atoms with Gasteiger partial charge >= 0.3 is 0 Å². The summed E-state index contributed by atoms with van der Waals surface area (Å²) in [6.07, 6.45) is 1.08. The molecule has 4 aromatic carbocycles. The molecule has 2 heterocycles. The van der Waals surface area contributed by atoms with Crippen molar-refractivity contribution in [2.75, 3.05) is 24.7 Å². The summed E-state index contributed by atoms with van der Waals surface area (Å²) < 4.78 is 65.8. The highest BCUT2D eigenvalue weighted by atomic mass is 32.2. The van der Waals surface area contributed by atoms with Crippen molar-refractivity contribution in [1.82, 2.24) is 10.3 Å². The Morgan fingerprint density at radius 3 is 2.29 bits per heavy atom. The van der Waals surface area contributed by atoms with Crippen molar-refractivity contribution in [3.63, 3.8) is 0 Å². The van der Waals surface area contributed by atoms with E-state index >= 15 is 0 Å². The maximum absolute atomic E-state index is 13.7. The molecule has 11 heteroatoms. The Hall–Kier alpha value is -5.03. The molecule has 1 amide bonds. The van der Waals surface area contributed by atoms with Crippen LogP contribution in [0.15, 0.2) is 87.7 Å². The van der Waals surface area contributed by atoms with Crippen LogP contribution in [0.25, 0.3) is 56.0 Å². The van der Waals surface area contributed by atoms with Crippen molar-refractivity contribution in [3.8, 4) is 33.9 Å². The summed E-state index contributed by atoms with van der Waals surface area (Å²) in [5, 5.41) is 3.05. The van der Waals surface area contributed by atoms with Crippen LogP contribution in [0.4, 0.5) is 14.5 Å². The lowest BCUT2D eigenvalue weighted by Crippen LogP contribution is -2.25. The van der Waals surface area contributed by atoms with Crippen molar-refractivity contribution >= 4 is 43.7 Å². The SMILES string of the molecule is CNC(=O)c1c(-c2ccc(F)cc2)oc2cc(N(C)S(C)(=O)=O)c(-c3cccc(-c4nc5ccc(F)cc5o4)c3)cc12. The van der Waals surface area contributed by atoms with Crippen LogP contribution in [0.2, 0.25) is 0 Å². The van der Waals surface area contributed by atoms with Crippen LogP contribution in [0, 0.1) is 11.6 Å². The molecule has 2 aromatic heterocycles. The number of nitrogens with zero attached hydrogens (tertiary/aromatic N) is 2. The topological polar surface area (TPSA) is 106 Å². The summed E-state index contributed by atoms with van der Waals surface area (Å²) in [6, 6.07) is 19.9. The van der Waals surface area contributed by atoms with Crippen molar-refractivity contribution < 1.29 is 30.8 Å². The van der Waals surface area contributed by atoms with Gasteiger partial charge in [0.1, 0.15) is 28.5 Å². The number of rotatable bonds is 6.